The molecule has 1 aliphatic heterocycles. The number of H-pyrrole nitrogens is 1. The van der Waals surface area contributed by atoms with Gasteiger partial charge in [0, 0.05) is 43.0 Å². The maximum atomic E-state index is 13.7. The van der Waals surface area contributed by atoms with Gasteiger partial charge in [-0.1, -0.05) is 0 Å². The lowest BCUT2D eigenvalue weighted by Crippen LogP contribution is -2.44. The Kier molecular flexibility index (Phi) is 5.60. The molecular formula is C21H27F2N7O2S. The SMILES string of the molecule is C[C@@H]1COCCN1c1cc(N=[S@](C)(=O)C2CCC(F)(F)CC2)c2cnn(-c3ccn[nH]3)c2n1. The molecule has 33 heavy (non-hydrogen) atoms. The highest BCUT2D eigenvalue weighted by molar-refractivity contribution is 7.93. The monoisotopic (exact) mass is 479 g/mol. The van der Waals surface area contributed by atoms with Gasteiger partial charge in [0.15, 0.2) is 11.5 Å². The molecule has 0 aromatic carbocycles. The van der Waals surface area contributed by atoms with Crippen LogP contribution in [0.3, 0.4) is 0 Å². The molecule has 0 bridgehead atoms. The minimum absolute atomic E-state index is 0.103. The molecule has 1 saturated carbocycles. The Labute approximate surface area is 190 Å². The van der Waals surface area contributed by atoms with Gasteiger partial charge in [-0.2, -0.15) is 19.2 Å². The van der Waals surface area contributed by atoms with Gasteiger partial charge in [0.25, 0.3) is 0 Å². The van der Waals surface area contributed by atoms with Gasteiger partial charge in [0.1, 0.15) is 5.82 Å². The van der Waals surface area contributed by atoms with Crippen LogP contribution in [-0.4, -0.2) is 72.4 Å². The number of rotatable bonds is 4. The first-order valence-corrected chi connectivity index (χ1v) is 13.0. The molecule has 1 N–H and O–H groups in total. The summed E-state index contributed by atoms with van der Waals surface area (Å²) in [6.07, 6.45) is 4.72. The second-order valence-electron chi connectivity index (χ2n) is 8.86. The predicted octanol–water partition coefficient (Wildman–Crippen LogP) is 3.68. The van der Waals surface area contributed by atoms with Crippen LogP contribution in [0.1, 0.15) is 32.6 Å². The van der Waals surface area contributed by atoms with Gasteiger partial charge in [-0.05, 0) is 19.8 Å². The number of halogens is 2. The first kappa shape index (κ1) is 22.2. The van der Waals surface area contributed by atoms with Crippen LogP contribution in [-0.2, 0) is 14.5 Å². The smallest absolute Gasteiger partial charge is 0.248 e. The molecule has 9 nitrogen and oxygen atoms in total. The Morgan fingerprint density at radius 3 is 2.82 bits per heavy atom. The molecule has 2 atom stereocenters. The standard InChI is InChI=1S/C21H27F2N7O2S/c1-14-13-32-10-9-29(14)19-11-17(28-33(2,31)15-3-6-21(22,23)7-4-15)16-12-25-30(20(16)26-19)18-5-8-24-27-18/h5,8,11-12,14-15H,3-4,6-7,9-10,13H2,1-2H3,(H,24,27)/t14-,33-/m1/s1. The topological polar surface area (TPSA) is 101 Å². The Bertz CT molecular complexity index is 1260. The fourth-order valence-electron chi connectivity index (χ4n) is 4.52. The molecule has 3 aromatic rings. The van der Waals surface area contributed by atoms with E-state index in [-0.39, 0.29) is 37.0 Å². The van der Waals surface area contributed by atoms with Crippen molar-refractivity contribution >= 4 is 32.3 Å². The number of ether oxygens (including phenoxy) is 1. The van der Waals surface area contributed by atoms with Crippen molar-refractivity contribution < 1.29 is 17.7 Å². The highest BCUT2D eigenvalue weighted by atomic mass is 32.2. The number of alkyl halides is 2. The lowest BCUT2D eigenvalue weighted by molar-refractivity contribution is -0.0326. The van der Waals surface area contributed by atoms with Crippen molar-refractivity contribution in [3.63, 3.8) is 0 Å². The molecule has 0 spiro atoms. The number of nitrogens with one attached hydrogen (secondary N) is 1. The van der Waals surface area contributed by atoms with Crippen molar-refractivity contribution in [2.75, 3.05) is 30.9 Å². The number of pyridine rings is 1. The van der Waals surface area contributed by atoms with Crippen LogP contribution in [0.25, 0.3) is 16.9 Å². The summed E-state index contributed by atoms with van der Waals surface area (Å²) in [6, 6.07) is 3.70. The van der Waals surface area contributed by atoms with Gasteiger partial charge in [0.05, 0.1) is 52.5 Å². The fourth-order valence-corrected chi connectivity index (χ4v) is 6.33. The zero-order chi connectivity index (χ0) is 23.2. The van der Waals surface area contributed by atoms with E-state index in [1.807, 2.05) is 6.07 Å². The van der Waals surface area contributed by atoms with Crippen molar-refractivity contribution in [2.24, 2.45) is 4.36 Å². The van der Waals surface area contributed by atoms with Crippen molar-refractivity contribution in [3.05, 3.63) is 24.5 Å². The second kappa shape index (κ2) is 8.32. The molecule has 0 amide bonds. The average molecular weight is 480 g/mol. The Hall–Kier alpha value is -2.60. The molecule has 2 fully saturated rings. The Balaban J connectivity index is 1.63. The third kappa shape index (κ3) is 4.33. The summed E-state index contributed by atoms with van der Waals surface area (Å²) in [6.45, 7) is 3.87. The number of hydrogen-bond acceptors (Lipinski definition) is 7. The maximum absolute atomic E-state index is 13.7. The van der Waals surface area contributed by atoms with Gasteiger partial charge >= 0.3 is 0 Å². The summed E-state index contributed by atoms with van der Waals surface area (Å²) in [7, 11) is -2.77. The Morgan fingerprint density at radius 1 is 1.33 bits per heavy atom. The van der Waals surface area contributed by atoms with E-state index >= 15 is 0 Å². The minimum atomic E-state index is -2.77. The van der Waals surface area contributed by atoms with Gasteiger partial charge in [0.2, 0.25) is 5.92 Å². The number of hydrogen-bond donors (Lipinski definition) is 1. The second-order valence-corrected chi connectivity index (χ2v) is 11.4. The van der Waals surface area contributed by atoms with Crippen LogP contribution >= 0.6 is 0 Å². The lowest BCUT2D eigenvalue weighted by Gasteiger charge is -2.34. The normalized spacial score (nSPS) is 23.5. The van der Waals surface area contributed by atoms with Gasteiger partial charge < -0.3 is 9.64 Å². The molecule has 3 aromatic heterocycles. The van der Waals surface area contributed by atoms with Crippen LogP contribution in [0.2, 0.25) is 0 Å². The van der Waals surface area contributed by atoms with Gasteiger partial charge in [-0.25, -0.2) is 18.0 Å². The van der Waals surface area contributed by atoms with Crippen LogP contribution in [0.5, 0.6) is 0 Å². The number of aromatic amines is 1. The third-order valence-corrected chi connectivity index (χ3v) is 8.71. The predicted molar refractivity (Wildman–Crippen MR) is 122 cm³/mol. The van der Waals surface area contributed by atoms with Gasteiger partial charge in [-0.15, -0.1) is 0 Å². The van der Waals surface area contributed by atoms with Crippen molar-refractivity contribution in [1.29, 1.82) is 0 Å². The first-order valence-electron chi connectivity index (χ1n) is 11.1. The number of anilines is 1. The number of morpholine rings is 1. The highest BCUT2D eigenvalue weighted by Gasteiger charge is 2.38. The van der Waals surface area contributed by atoms with Crippen molar-refractivity contribution in [2.45, 2.75) is 49.8 Å². The summed E-state index contributed by atoms with van der Waals surface area (Å²) in [5.41, 5.74) is 1.06. The molecule has 12 heteroatoms. The quantitative estimate of drug-likeness (QED) is 0.613. The number of nitrogens with zero attached hydrogens (tertiary/aromatic N) is 6. The molecule has 1 aliphatic carbocycles. The van der Waals surface area contributed by atoms with Crippen molar-refractivity contribution in [1.82, 2.24) is 25.0 Å². The molecule has 2 aliphatic rings. The van der Waals surface area contributed by atoms with Crippen LogP contribution in [0.4, 0.5) is 20.3 Å². The highest BCUT2D eigenvalue weighted by Crippen LogP contribution is 2.38. The average Bonchev–Trinajstić information content (AvgIpc) is 3.43. The van der Waals surface area contributed by atoms with Gasteiger partial charge in [-0.3, -0.25) is 5.10 Å². The first-order chi connectivity index (χ1) is 15.7. The zero-order valence-electron chi connectivity index (χ0n) is 18.6. The van der Waals surface area contributed by atoms with Crippen LogP contribution < -0.4 is 4.90 Å². The molecule has 1 saturated heterocycles. The van der Waals surface area contributed by atoms with E-state index in [4.69, 9.17) is 9.72 Å². The fraction of sp³-hybridized carbons (Fsp3) is 0.571. The molecule has 5 rings (SSSR count). The molecule has 0 unspecified atom stereocenters. The van der Waals surface area contributed by atoms with E-state index in [0.717, 1.165) is 0 Å². The summed E-state index contributed by atoms with van der Waals surface area (Å²) in [4.78, 5) is 6.99. The number of aromatic nitrogens is 5. The molecule has 178 valence electrons. The van der Waals surface area contributed by atoms with E-state index in [1.165, 1.54) is 0 Å². The summed E-state index contributed by atoms with van der Waals surface area (Å²) in [5.74, 6) is -1.35. The number of fused-ring (bicyclic) bond motifs is 1. The van der Waals surface area contributed by atoms with E-state index in [1.54, 1.807) is 29.4 Å². The minimum Gasteiger partial charge on any atom is -0.377 e. The van der Waals surface area contributed by atoms with Crippen LogP contribution in [0, 0.1) is 0 Å². The zero-order valence-corrected chi connectivity index (χ0v) is 19.4. The third-order valence-electron chi connectivity index (χ3n) is 6.44. The van der Waals surface area contributed by atoms with E-state index in [0.29, 0.717) is 48.1 Å². The lowest BCUT2D eigenvalue weighted by atomic mass is 9.96. The molecular weight excluding hydrogens is 452 g/mol. The largest absolute Gasteiger partial charge is 0.377 e. The van der Waals surface area contributed by atoms with Crippen LogP contribution in [0.15, 0.2) is 28.9 Å². The summed E-state index contributed by atoms with van der Waals surface area (Å²) in [5, 5.41) is 11.6. The van der Waals surface area contributed by atoms with E-state index in [9.17, 15) is 13.0 Å². The maximum Gasteiger partial charge on any atom is 0.248 e. The Morgan fingerprint density at radius 2 is 2.12 bits per heavy atom. The molecule has 4 heterocycles. The van der Waals surface area contributed by atoms with E-state index < -0.39 is 15.7 Å². The summed E-state index contributed by atoms with van der Waals surface area (Å²) < 4.78 is 52.8. The van der Waals surface area contributed by atoms with E-state index in [2.05, 4.69) is 31.5 Å². The summed E-state index contributed by atoms with van der Waals surface area (Å²) >= 11 is 0. The van der Waals surface area contributed by atoms with Crippen molar-refractivity contribution in [3.8, 4) is 5.82 Å². The molecule has 0 radical (unpaired) electrons.